The Labute approximate surface area is 184 Å². The normalized spacial score (nSPS) is 13.8. The van der Waals surface area contributed by atoms with Gasteiger partial charge in [-0.1, -0.05) is 30.0 Å². The van der Waals surface area contributed by atoms with Crippen molar-refractivity contribution in [3.8, 4) is 28.8 Å². The number of nitrogens with zero attached hydrogens (tertiary/aromatic N) is 3. The molecule has 3 heterocycles. The maximum atomic E-state index is 13.2. The lowest BCUT2D eigenvalue weighted by molar-refractivity contribution is -0.286. The smallest absolute Gasteiger partial charge is 0.461 e. The van der Waals surface area contributed by atoms with Crippen molar-refractivity contribution in [2.24, 2.45) is 0 Å². The fraction of sp³-hybridized carbons (Fsp3) is 0.0952. The van der Waals surface area contributed by atoms with Crippen LogP contribution in [-0.4, -0.2) is 32.7 Å². The van der Waals surface area contributed by atoms with Crippen LogP contribution in [0.15, 0.2) is 76.5 Å². The van der Waals surface area contributed by atoms with Crippen LogP contribution in [-0.2, 0) is 4.79 Å². The van der Waals surface area contributed by atoms with E-state index in [1.54, 1.807) is 23.0 Å². The van der Waals surface area contributed by atoms with Crippen LogP contribution in [0.25, 0.3) is 17.3 Å². The molecule has 2 aromatic heterocycles. The molecule has 11 heteroatoms. The van der Waals surface area contributed by atoms with Gasteiger partial charge in [0.25, 0.3) is 0 Å². The van der Waals surface area contributed by atoms with E-state index in [0.717, 1.165) is 5.69 Å². The highest BCUT2D eigenvalue weighted by atomic mass is 32.2. The SMILES string of the molecule is O=C(CSc1nnc(-c2ccco2)n1-c1ccccc1)Nc1ccc2c(c1)OC(F)(F)O2. The van der Waals surface area contributed by atoms with Crippen LogP contribution < -0.4 is 14.8 Å². The van der Waals surface area contributed by atoms with Gasteiger partial charge in [-0.25, -0.2) is 0 Å². The summed E-state index contributed by atoms with van der Waals surface area (Å²) in [5.41, 5.74) is 1.11. The number of alkyl halides is 2. The number of nitrogens with one attached hydrogen (secondary N) is 1. The predicted octanol–water partition coefficient (Wildman–Crippen LogP) is 4.58. The summed E-state index contributed by atoms with van der Waals surface area (Å²) < 4.78 is 42.3. The van der Waals surface area contributed by atoms with Crippen LogP contribution >= 0.6 is 11.8 Å². The number of rotatable bonds is 6. The Balaban J connectivity index is 1.32. The molecule has 0 spiro atoms. The van der Waals surface area contributed by atoms with E-state index in [1.165, 1.54) is 30.0 Å². The van der Waals surface area contributed by atoms with Crippen molar-refractivity contribution in [1.82, 2.24) is 14.8 Å². The quantitative estimate of drug-likeness (QED) is 0.425. The number of benzene rings is 2. The van der Waals surface area contributed by atoms with Crippen molar-refractivity contribution in [3.05, 3.63) is 66.9 Å². The fourth-order valence-corrected chi connectivity index (χ4v) is 3.84. The predicted molar refractivity (Wildman–Crippen MR) is 111 cm³/mol. The molecule has 1 aliphatic rings. The molecule has 1 aliphatic heterocycles. The van der Waals surface area contributed by atoms with Gasteiger partial charge in [-0.15, -0.1) is 19.0 Å². The largest absolute Gasteiger partial charge is 0.586 e. The lowest BCUT2D eigenvalue weighted by Crippen LogP contribution is -2.25. The fourth-order valence-electron chi connectivity index (χ4n) is 3.09. The maximum absolute atomic E-state index is 13.2. The average molecular weight is 456 g/mol. The summed E-state index contributed by atoms with van der Waals surface area (Å²) in [7, 11) is 0. The average Bonchev–Trinajstić information content (AvgIpc) is 3.49. The minimum absolute atomic E-state index is 0.00766. The van der Waals surface area contributed by atoms with Gasteiger partial charge >= 0.3 is 6.29 Å². The lowest BCUT2D eigenvalue weighted by Gasteiger charge is -2.09. The molecule has 0 fully saturated rings. The number of fused-ring (bicyclic) bond motifs is 1. The van der Waals surface area contributed by atoms with Crippen molar-refractivity contribution >= 4 is 23.4 Å². The summed E-state index contributed by atoms with van der Waals surface area (Å²) >= 11 is 1.17. The van der Waals surface area contributed by atoms with Crippen LogP contribution in [0.2, 0.25) is 0 Å². The van der Waals surface area contributed by atoms with Gasteiger partial charge < -0.3 is 19.2 Å². The van der Waals surface area contributed by atoms with Crippen molar-refractivity contribution < 1.29 is 27.5 Å². The van der Waals surface area contributed by atoms with Gasteiger partial charge in [-0.3, -0.25) is 9.36 Å². The second-order valence-corrected chi connectivity index (χ2v) is 7.56. The molecule has 0 bridgehead atoms. The summed E-state index contributed by atoms with van der Waals surface area (Å²) in [6.45, 7) is 0. The van der Waals surface area contributed by atoms with Crippen LogP contribution in [0.5, 0.6) is 11.5 Å². The number of amides is 1. The molecule has 0 atom stereocenters. The first-order valence-electron chi connectivity index (χ1n) is 9.36. The van der Waals surface area contributed by atoms with Gasteiger partial charge in [0.15, 0.2) is 22.4 Å². The van der Waals surface area contributed by atoms with Crippen molar-refractivity contribution in [2.75, 3.05) is 11.1 Å². The molecule has 5 rings (SSSR count). The molecule has 4 aromatic rings. The molecule has 0 saturated heterocycles. The second kappa shape index (κ2) is 8.00. The number of furan rings is 1. The van der Waals surface area contributed by atoms with Crippen molar-refractivity contribution in [1.29, 1.82) is 0 Å². The number of hydrogen-bond donors (Lipinski definition) is 1. The van der Waals surface area contributed by atoms with Gasteiger partial charge in [-0.05, 0) is 36.4 Å². The van der Waals surface area contributed by atoms with E-state index in [4.69, 9.17) is 4.42 Å². The number of carbonyl (C=O) groups is 1. The number of anilines is 1. The molecule has 1 amide bonds. The number of ether oxygens (including phenoxy) is 2. The van der Waals surface area contributed by atoms with Crippen LogP contribution in [0.3, 0.4) is 0 Å². The third-order valence-corrected chi connectivity index (χ3v) is 5.34. The van der Waals surface area contributed by atoms with Crippen LogP contribution in [0.4, 0.5) is 14.5 Å². The molecule has 2 aromatic carbocycles. The highest BCUT2D eigenvalue weighted by Crippen LogP contribution is 2.42. The third kappa shape index (κ3) is 4.02. The second-order valence-electron chi connectivity index (χ2n) is 6.62. The zero-order valence-electron chi connectivity index (χ0n) is 16.2. The molecule has 32 heavy (non-hydrogen) atoms. The van der Waals surface area contributed by atoms with E-state index >= 15 is 0 Å². The van der Waals surface area contributed by atoms with E-state index < -0.39 is 6.29 Å². The minimum Gasteiger partial charge on any atom is -0.461 e. The Hall–Kier alpha value is -3.86. The van der Waals surface area contributed by atoms with Gasteiger partial charge in [0.1, 0.15) is 0 Å². The van der Waals surface area contributed by atoms with E-state index in [0.29, 0.717) is 22.4 Å². The molecule has 0 radical (unpaired) electrons. The Morgan fingerprint density at radius 3 is 2.62 bits per heavy atom. The summed E-state index contributed by atoms with van der Waals surface area (Å²) in [6.07, 6.45) is -2.17. The van der Waals surface area contributed by atoms with Crippen LogP contribution in [0, 0.1) is 0 Å². The zero-order valence-corrected chi connectivity index (χ0v) is 17.0. The van der Waals surface area contributed by atoms with Crippen molar-refractivity contribution in [2.45, 2.75) is 11.5 Å². The molecule has 0 aliphatic carbocycles. The maximum Gasteiger partial charge on any atom is 0.586 e. The number of thioether (sulfide) groups is 1. The lowest BCUT2D eigenvalue weighted by atomic mass is 10.3. The van der Waals surface area contributed by atoms with Gasteiger partial charge in [0.05, 0.1) is 12.0 Å². The minimum atomic E-state index is -3.71. The number of carbonyl (C=O) groups excluding carboxylic acids is 1. The van der Waals surface area contributed by atoms with Crippen LogP contribution in [0.1, 0.15) is 0 Å². The summed E-state index contributed by atoms with van der Waals surface area (Å²) in [6, 6.07) is 17.0. The molecular formula is C21H14F2N4O4S. The standard InChI is InChI=1S/C21H14F2N4O4S/c22-21(23)30-15-9-8-13(11-17(15)31-21)24-18(28)12-32-20-26-25-19(16-7-4-10-29-16)27(20)14-5-2-1-3-6-14/h1-11H,12H2,(H,24,28). The molecule has 0 unspecified atom stereocenters. The Kier molecular flexibility index (Phi) is 5.02. The summed E-state index contributed by atoms with van der Waals surface area (Å²) in [5.74, 6) is 0.447. The highest BCUT2D eigenvalue weighted by molar-refractivity contribution is 7.99. The first-order valence-corrected chi connectivity index (χ1v) is 10.3. The third-order valence-electron chi connectivity index (χ3n) is 4.41. The highest BCUT2D eigenvalue weighted by Gasteiger charge is 2.43. The van der Waals surface area contributed by atoms with Crippen molar-refractivity contribution in [3.63, 3.8) is 0 Å². The molecule has 162 valence electrons. The van der Waals surface area contributed by atoms with Gasteiger partial charge in [0.2, 0.25) is 11.7 Å². The zero-order chi connectivity index (χ0) is 22.1. The first-order chi connectivity index (χ1) is 15.5. The monoisotopic (exact) mass is 456 g/mol. The number of para-hydroxylation sites is 1. The Morgan fingerprint density at radius 1 is 1.03 bits per heavy atom. The number of halogens is 2. The molecular weight excluding hydrogens is 442 g/mol. The number of aromatic nitrogens is 3. The summed E-state index contributed by atoms with van der Waals surface area (Å²) in [4.78, 5) is 12.5. The first kappa shape index (κ1) is 20.1. The van der Waals surface area contributed by atoms with E-state index in [1.807, 2.05) is 30.3 Å². The molecule has 1 N–H and O–H groups in total. The van der Waals surface area contributed by atoms with E-state index in [2.05, 4.69) is 25.0 Å². The van der Waals surface area contributed by atoms with E-state index in [9.17, 15) is 13.6 Å². The Morgan fingerprint density at radius 2 is 1.84 bits per heavy atom. The summed E-state index contributed by atoms with van der Waals surface area (Å²) in [5, 5.41) is 11.6. The van der Waals surface area contributed by atoms with E-state index in [-0.39, 0.29) is 23.2 Å². The Bertz CT molecular complexity index is 1260. The topological polar surface area (TPSA) is 91.4 Å². The van der Waals surface area contributed by atoms with Gasteiger partial charge in [0, 0.05) is 17.4 Å². The molecule has 0 saturated carbocycles. The molecule has 8 nitrogen and oxygen atoms in total. The van der Waals surface area contributed by atoms with Gasteiger partial charge in [-0.2, -0.15) is 0 Å². The number of hydrogen-bond acceptors (Lipinski definition) is 7.